The minimum atomic E-state index is -0.366. The molecule has 3 rings (SSSR count). The normalized spacial score (nSPS) is 35.2. The molecule has 0 bridgehead atoms. The second-order valence-corrected chi connectivity index (χ2v) is 5.67. The average Bonchev–Trinajstić information content (AvgIpc) is 3.36. The molecule has 0 aromatic heterocycles. The van der Waals surface area contributed by atoms with Gasteiger partial charge in [0.2, 0.25) is 0 Å². The summed E-state index contributed by atoms with van der Waals surface area (Å²) in [5.41, 5.74) is 0. The molecule has 0 amide bonds. The van der Waals surface area contributed by atoms with Gasteiger partial charge in [-0.1, -0.05) is 12.8 Å². The van der Waals surface area contributed by atoms with E-state index in [4.69, 9.17) is 18.9 Å². The maximum atomic E-state index is 12.1. The van der Waals surface area contributed by atoms with Gasteiger partial charge in [0.15, 0.2) is 0 Å². The topological polar surface area (TPSA) is 77.7 Å². The first-order valence-electron chi connectivity index (χ1n) is 7.30. The Kier molecular flexibility index (Phi) is 4.21. The summed E-state index contributed by atoms with van der Waals surface area (Å²) in [6.45, 7) is 1.91. The van der Waals surface area contributed by atoms with Crippen molar-refractivity contribution >= 4 is 11.9 Å². The Hall–Kier alpha value is -1.14. The van der Waals surface area contributed by atoms with Gasteiger partial charge in [-0.15, -0.1) is 0 Å². The monoisotopic (exact) mass is 284 g/mol. The lowest BCUT2D eigenvalue weighted by atomic mass is 9.79. The Morgan fingerprint density at radius 2 is 1.25 bits per heavy atom. The Labute approximate surface area is 117 Å². The second kappa shape index (κ2) is 6.10. The summed E-state index contributed by atoms with van der Waals surface area (Å²) in [5, 5.41) is 0. The van der Waals surface area contributed by atoms with Crippen LogP contribution in [0.1, 0.15) is 25.7 Å². The van der Waals surface area contributed by atoms with Crippen molar-refractivity contribution in [2.24, 2.45) is 11.8 Å². The Balaban J connectivity index is 1.50. The van der Waals surface area contributed by atoms with Crippen LogP contribution in [0, 0.1) is 11.8 Å². The highest BCUT2D eigenvalue weighted by atomic mass is 16.6. The zero-order valence-electron chi connectivity index (χ0n) is 11.4. The van der Waals surface area contributed by atoms with Gasteiger partial charge in [-0.25, -0.2) is 0 Å². The van der Waals surface area contributed by atoms with Crippen molar-refractivity contribution in [1.29, 1.82) is 0 Å². The van der Waals surface area contributed by atoms with Crippen molar-refractivity contribution in [1.82, 2.24) is 0 Å². The van der Waals surface area contributed by atoms with E-state index in [9.17, 15) is 9.59 Å². The Bertz CT molecular complexity index is 338. The van der Waals surface area contributed by atoms with E-state index < -0.39 is 0 Å². The first-order valence-corrected chi connectivity index (χ1v) is 7.30. The fourth-order valence-electron chi connectivity index (χ4n) is 2.59. The summed E-state index contributed by atoms with van der Waals surface area (Å²) in [5.74, 6) is -1.31. The summed E-state index contributed by atoms with van der Waals surface area (Å²) in [7, 11) is 0. The summed E-state index contributed by atoms with van der Waals surface area (Å²) in [4.78, 5) is 24.2. The molecule has 0 N–H and O–H groups in total. The highest BCUT2D eigenvalue weighted by Crippen LogP contribution is 2.32. The van der Waals surface area contributed by atoms with Crippen LogP contribution in [-0.4, -0.2) is 50.6 Å². The lowest BCUT2D eigenvalue weighted by Gasteiger charge is -2.28. The molecule has 6 nitrogen and oxygen atoms in total. The summed E-state index contributed by atoms with van der Waals surface area (Å²) >= 11 is 0. The molecule has 0 spiro atoms. The molecule has 112 valence electrons. The van der Waals surface area contributed by atoms with Gasteiger partial charge in [-0.3, -0.25) is 9.59 Å². The number of carbonyl (C=O) groups excluding carboxylic acids is 2. The molecule has 3 aliphatic rings. The molecular weight excluding hydrogens is 264 g/mol. The van der Waals surface area contributed by atoms with Crippen LogP contribution in [-0.2, 0) is 28.5 Å². The lowest BCUT2D eigenvalue weighted by molar-refractivity contribution is -0.163. The minimum absolute atomic E-state index is 0.0555. The largest absolute Gasteiger partial charge is 0.463 e. The van der Waals surface area contributed by atoms with Crippen molar-refractivity contribution in [3.05, 3.63) is 0 Å². The van der Waals surface area contributed by atoms with Gasteiger partial charge < -0.3 is 18.9 Å². The van der Waals surface area contributed by atoms with Crippen LogP contribution in [0.4, 0.5) is 0 Å². The quantitative estimate of drug-likeness (QED) is 0.527. The third-order valence-corrected chi connectivity index (χ3v) is 4.00. The van der Waals surface area contributed by atoms with E-state index in [1.54, 1.807) is 0 Å². The molecule has 0 aromatic rings. The molecule has 4 atom stereocenters. The second-order valence-electron chi connectivity index (χ2n) is 5.67. The number of hydrogen-bond donors (Lipinski definition) is 0. The molecule has 1 saturated carbocycles. The van der Waals surface area contributed by atoms with Crippen molar-refractivity contribution < 1.29 is 28.5 Å². The van der Waals surface area contributed by atoms with Crippen molar-refractivity contribution in [2.75, 3.05) is 26.4 Å². The van der Waals surface area contributed by atoms with E-state index in [0.29, 0.717) is 39.3 Å². The maximum absolute atomic E-state index is 12.1. The van der Waals surface area contributed by atoms with Gasteiger partial charge in [0, 0.05) is 0 Å². The van der Waals surface area contributed by atoms with Crippen LogP contribution in [0.15, 0.2) is 0 Å². The van der Waals surface area contributed by atoms with Crippen molar-refractivity contribution in [3.8, 4) is 0 Å². The SMILES string of the molecule is O=C(OC[C@@H]1CO1)[C@H]1CCCC[C@@H]1C(=O)OC[C@@H]1CO1. The molecule has 0 aromatic carbocycles. The highest BCUT2D eigenvalue weighted by Gasteiger charge is 2.39. The van der Waals surface area contributed by atoms with Gasteiger partial charge >= 0.3 is 11.9 Å². The highest BCUT2D eigenvalue weighted by molar-refractivity contribution is 5.82. The Morgan fingerprint density at radius 3 is 1.60 bits per heavy atom. The predicted octanol–water partition coefficient (Wildman–Crippen LogP) is 0.677. The van der Waals surface area contributed by atoms with Crippen molar-refractivity contribution in [2.45, 2.75) is 37.9 Å². The molecule has 2 heterocycles. The van der Waals surface area contributed by atoms with Gasteiger partial charge in [-0.05, 0) is 12.8 Å². The number of carbonyl (C=O) groups is 2. The number of rotatable bonds is 6. The van der Waals surface area contributed by atoms with Crippen LogP contribution in [0.5, 0.6) is 0 Å². The minimum Gasteiger partial charge on any atom is -0.463 e. The predicted molar refractivity (Wildman–Crippen MR) is 66.8 cm³/mol. The van der Waals surface area contributed by atoms with Crippen LogP contribution in [0.3, 0.4) is 0 Å². The molecule has 6 heteroatoms. The zero-order chi connectivity index (χ0) is 13.9. The smallest absolute Gasteiger partial charge is 0.309 e. The standard InChI is InChI=1S/C14H20O6/c15-13(19-7-9-5-17-9)11-3-1-2-4-12(11)14(16)20-8-10-6-18-10/h9-12H,1-8H2/t9-,10-,11-,12-/m0/s1. The lowest BCUT2D eigenvalue weighted by Crippen LogP contribution is -2.35. The van der Waals surface area contributed by atoms with E-state index in [0.717, 1.165) is 12.8 Å². The third-order valence-electron chi connectivity index (χ3n) is 4.00. The van der Waals surface area contributed by atoms with E-state index in [1.807, 2.05) is 0 Å². The van der Waals surface area contributed by atoms with Crippen LogP contribution in [0.2, 0.25) is 0 Å². The number of epoxide rings is 2. The van der Waals surface area contributed by atoms with Gasteiger partial charge in [0.1, 0.15) is 25.4 Å². The fraction of sp³-hybridized carbons (Fsp3) is 0.857. The molecule has 1 aliphatic carbocycles. The number of ether oxygens (including phenoxy) is 4. The van der Waals surface area contributed by atoms with E-state index in [2.05, 4.69) is 0 Å². The molecule has 3 fully saturated rings. The van der Waals surface area contributed by atoms with Gasteiger partial charge in [0.05, 0.1) is 25.0 Å². The molecule has 2 saturated heterocycles. The summed E-state index contributed by atoms with van der Waals surface area (Å²) in [6.07, 6.45) is 3.42. The van der Waals surface area contributed by atoms with Crippen LogP contribution >= 0.6 is 0 Å². The Morgan fingerprint density at radius 1 is 0.850 bits per heavy atom. The van der Waals surface area contributed by atoms with Crippen LogP contribution in [0.25, 0.3) is 0 Å². The van der Waals surface area contributed by atoms with Crippen molar-refractivity contribution in [3.63, 3.8) is 0 Å². The molecule has 0 radical (unpaired) electrons. The van der Waals surface area contributed by atoms with E-state index in [1.165, 1.54) is 0 Å². The molecule has 0 unspecified atom stereocenters. The number of hydrogen-bond acceptors (Lipinski definition) is 6. The zero-order valence-corrected chi connectivity index (χ0v) is 11.4. The average molecular weight is 284 g/mol. The first-order chi connectivity index (χ1) is 9.74. The molecule has 2 aliphatic heterocycles. The van der Waals surface area contributed by atoms with E-state index in [-0.39, 0.29) is 36.0 Å². The summed E-state index contributed by atoms with van der Waals surface area (Å²) < 4.78 is 20.5. The number of esters is 2. The third kappa shape index (κ3) is 3.70. The van der Waals surface area contributed by atoms with Gasteiger partial charge in [0.25, 0.3) is 0 Å². The maximum Gasteiger partial charge on any atom is 0.309 e. The van der Waals surface area contributed by atoms with Gasteiger partial charge in [-0.2, -0.15) is 0 Å². The first kappa shape index (κ1) is 13.8. The van der Waals surface area contributed by atoms with E-state index >= 15 is 0 Å². The van der Waals surface area contributed by atoms with Crippen LogP contribution < -0.4 is 0 Å². The molecular formula is C14H20O6. The molecule has 20 heavy (non-hydrogen) atoms. The fourth-order valence-corrected chi connectivity index (χ4v) is 2.59. The summed E-state index contributed by atoms with van der Waals surface area (Å²) in [6, 6.07) is 0.